The molecule has 2 heterocycles. The lowest BCUT2D eigenvalue weighted by molar-refractivity contribution is 0.648. The molecule has 1 atom stereocenters. The lowest BCUT2D eigenvalue weighted by Gasteiger charge is -2.27. The van der Waals surface area contributed by atoms with Gasteiger partial charge in [0.2, 0.25) is 0 Å². The number of benzene rings is 1. The topological polar surface area (TPSA) is 49.6 Å². The molecule has 0 saturated carbocycles. The molecule has 0 aliphatic carbocycles. The molecule has 3 rings (SSSR count). The van der Waals surface area contributed by atoms with Crippen LogP contribution >= 0.6 is 11.6 Å². The molecule has 0 N–H and O–H groups in total. The van der Waals surface area contributed by atoms with Crippen molar-refractivity contribution < 1.29 is 0 Å². The van der Waals surface area contributed by atoms with E-state index in [9.17, 15) is 5.26 Å². The molecular weight excluding hydrogens is 306 g/mol. The predicted molar refractivity (Wildman–Crippen MR) is 90.0 cm³/mol. The summed E-state index contributed by atoms with van der Waals surface area (Å²) in [5.41, 5.74) is 1.91. The Morgan fingerprint density at radius 2 is 1.61 bits per heavy atom. The van der Waals surface area contributed by atoms with E-state index in [0.29, 0.717) is 11.4 Å². The van der Waals surface area contributed by atoms with Crippen LogP contribution in [0.2, 0.25) is 5.02 Å². The molecule has 3 nitrogen and oxygen atoms in total. The van der Waals surface area contributed by atoms with Crippen molar-refractivity contribution in [3.63, 3.8) is 0 Å². The van der Waals surface area contributed by atoms with E-state index in [1.165, 1.54) is 0 Å². The van der Waals surface area contributed by atoms with Gasteiger partial charge in [-0.05, 0) is 41.0 Å². The summed E-state index contributed by atoms with van der Waals surface area (Å²) in [4.78, 5) is 8.35. The highest BCUT2D eigenvalue weighted by Gasteiger charge is 2.35. The Labute approximate surface area is 140 Å². The monoisotopic (exact) mass is 319 g/mol. The molecule has 4 heteroatoms. The van der Waals surface area contributed by atoms with Crippen LogP contribution in [0.5, 0.6) is 0 Å². The van der Waals surface area contributed by atoms with Crippen molar-refractivity contribution in [2.75, 3.05) is 0 Å². The van der Waals surface area contributed by atoms with E-state index in [2.05, 4.69) is 16.0 Å². The lowest BCUT2D eigenvalue weighted by Crippen LogP contribution is -2.29. The molecule has 0 bridgehead atoms. The van der Waals surface area contributed by atoms with Crippen LogP contribution in [0.3, 0.4) is 0 Å². The zero-order chi connectivity index (χ0) is 16.1. The molecule has 0 radical (unpaired) electrons. The van der Waals surface area contributed by atoms with E-state index in [1.807, 2.05) is 48.5 Å². The predicted octanol–water partition coefficient (Wildman–Crippen LogP) is 4.18. The van der Waals surface area contributed by atoms with Crippen LogP contribution in [0, 0.1) is 11.3 Å². The molecule has 0 spiro atoms. The van der Waals surface area contributed by atoms with Crippen molar-refractivity contribution in [3.05, 3.63) is 95.0 Å². The zero-order valence-corrected chi connectivity index (χ0v) is 13.1. The van der Waals surface area contributed by atoms with Crippen LogP contribution in [0.1, 0.15) is 16.7 Å². The van der Waals surface area contributed by atoms with Gasteiger partial charge < -0.3 is 0 Å². The van der Waals surface area contributed by atoms with E-state index >= 15 is 0 Å². The summed E-state index contributed by atoms with van der Waals surface area (Å²) in [6.45, 7) is 0. The van der Waals surface area contributed by atoms with Gasteiger partial charge in [0.05, 0.1) is 6.07 Å². The van der Waals surface area contributed by atoms with Gasteiger partial charge in [0, 0.05) is 36.2 Å². The van der Waals surface area contributed by atoms with Crippen molar-refractivity contribution in [2.45, 2.75) is 11.8 Å². The molecule has 1 unspecified atom stereocenters. The van der Waals surface area contributed by atoms with Gasteiger partial charge in [-0.1, -0.05) is 35.9 Å². The molecule has 0 aliphatic heterocycles. The number of rotatable bonds is 4. The van der Waals surface area contributed by atoms with Crippen molar-refractivity contribution in [3.8, 4) is 6.07 Å². The maximum Gasteiger partial charge on any atom is 0.113 e. The largest absolute Gasteiger partial charge is 0.264 e. The Morgan fingerprint density at radius 1 is 0.913 bits per heavy atom. The summed E-state index contributed by atoms with van der Waals surface area (Å²) in [5.74, 6) is 0. The highest BCUT2D eigenvalue weighted by Crippen LogP contribution is 2.35. The average molecular weight is 320 g/mol. The van der Waals surface area contributed by atoms with Gasteiger partial charge in [-0.25, -0.2) is 0 Å². The van der Waals surface area contributed by atoms with Crippen molar-refractivity contribution in [1.29, 1.82) is 5.26 Å². The highest BCUT2D eigenvalue weighted by atomic mass is 35.5. The summed E-state index contributed by atoms with van der Waals surface area (Å²) >= 11 is 6.01. The first-order valence-corrected chi connectivity index (χ1v) is 7.59. The molecular formula is C19H14ClN3. The quantitative estimate of drug-likeness (QED) is 0.724. The summed E-state index contributed by atoms with van der Waals surface area (Å²) < 4.78 is 0. The molecule has 112 valence electrons. The number of aromatic nitrogens is 2. The molecule has 0 aliphatic rings. The molecule has 1 aromatic carbocycles. The van der Waals surface area contributed by atoms with Crippen LogP contribution in [-0.2, 0) is 11.8 Å². The highest BCUT2D eigenvalue weighted by molar-refractivity contribution is 6.30. The minimum Gasteiger partial charge on any atom is -0.264 e. The van der Waals surface area contributed by atoms with Crippen LogP contribution in [0.25, 0.3) is 0 Å². The van der Waals surface area contributed by atoms with Crippen LogP contribution in [-0.4, -0.2) is 9.97 Å². The van der Waals surface area contributed by atoms with Gasteiger partial charge >= 0.3 is 0 Å². The maximum atomic E-state index is 10.1. The molecule has 3 aromatic rings. The molecule has 23 heavy (non-hydrogen) atoms. The Kier molecular flexibility index (Phi) is 4.36. The number of hydrogen-bond donors (Lipinski definition) is 0. The standard InChI is InChI=1S/C19H14ClN3/c20-18-7-5-16(6-8-18)19(14-21,17-4-2-10-23-13-17)11-15-3-1-9-22-12-15/h1-10,12-13H,11H2. The van der Waals surface area contributed by atoms with E-state index in [-0.39, 0.29) is 0 Å². The van der Waals surface area contributed by atoms with E-state index in [0.717, 1.165) is 16.7 Å². The third-order valence-corrected chi connectivity index (χ3v) is 4.13. The van der Waals surface area contributed by atoms with Crippen LogP contribution in [0.15, 0.2) is 73.3 Å². The Morgan fingerprint density at radius 3 is 2.17 bits per heavy atom. The summed E-state index contributed by atoms with van der Waals surface area (Å²) in [7, 11) is 0. The number of nitrogens with zero attached hydrogens (tertiary/aromatic N) is 3. The second kappa shape index (κ2) is 6.60. The third kappa shape index (κ3) is 3.08. The van der Waals surface area contributed by atoms with Gasteiger partial charge in [-0.3, -0.25) is 9.97 Å². The zero-order valence-electron chi connectivity index (χ0n) is 12.4. The van der Waals surface area contributed by atoms with Crippen molar-refractivity contribution in [1.82, 2.24) is 9.97 Å². The smallest absolute Gasteiger partial charge is 0.113 e. The summed E-state index contributed by atoms with van der Waals surface area (Å²) in [6.07, 6.45) is 7.48. The molecule has 2 aromatic heterocycles. The summed E-state index contributed by atoms with van der Waals surface area (Å²) in [5, 5.41) is 10.7. The van der Waals surface area contributed by atoms with Crippen LogP contribution in [0.4, 0.5) is 0 Å². The first-order chi connectivity index (χ1) is 11.2. The second-order valence-electron chi connectivity index (χ2n) is 5.30. The van der Waals surface area contributed by atoms with E-state index in [1.54, 1.807) is 24.8 Å². The lowest BCUT2D eigenvalue weighted by atomic mass is 9.72. The van der Waals surface area contributed by atoms with Gasteiger partial charge in [0.15, 0.2) is 0 Å². The minimum atomic E-state index is -0.831. The third-order valence-electron chi connectivity index (χ3n) is 3.87. The van der Waals surface area contributed by atoms with Crippen molar-refractivity contribution >= 4 is 11.6 Å². The van der Waals surface area contributed by atoms with E-state index < -0.39 is 5.41 Å². The Hall–Kier alpha value is -2.70. The fourth-order valence-electron chi connectivity index (χ4n) is 2.70. The molecule has 0 saturated heterocycles. The number of halogens is 1. The fourth-order valence-corrected chi connectivity index (χ4v) is 2.82. The Bertz CT molecular complexity index is 811. The van der Waals surface area contributed by atoms with Gasteiger partial charge in [0.1, 0.15) is 5.41 Å². The van der Waals surface area contributed by atoms with E-state index in [4.69, 9.17) is 11.6 Å². The number of nitriles is 1. The normalized spacial score (nSPS) is 13.0. The number of hydrogen-bond acceptors (Lipinski definition) is 3. The summed E-state index contributed by atoms with van der Waals surface area (Å²) in [6, 6.07) is 17.6. The first kappa shape index (κ1) is 15.2. The minimum absolute atomic E-state index is 0.519. The fraction of sp³-hybridized carbons (Fsp3) is 0.105. The first-order valence-electron chi connectivity index (χ1n) is 7.21. The number of pyridine rings is 2. The second-order valence-corrected chi connectivity index (χ2v) is 5.74. The molecule has 0 fully saturated rings. The SMILES string of the molecule is N#CC(Cc1cccnc1)(c1ccc(Cl)cc1)c1cccnc1. The maximum absolute atomic E-state index is 10.1. The van der Waals surface area contributed by atoms with Crippen molar-refractivity contribution in [2.24, 2.45) is 0 Å². The van der Waals surface area contributed by atoms with Gasteiger partial charge in [-0.2, -0.15) is 5.26 Å². The molecule has 0 amide bonds. The van der Waals surface area contributed by atoms with Gasteiger partial charge in [-0.15, -0.1) is 0 Å². The van der Waals surface area contributed by atoms with Gasteiger partial charge in [0.25, 0.3) is 0 Å². The van der Waals surface area contributed by atoms with Crippen LogP contribution < -0.4 is 0 Å². The average Bonchev–Trinajstić information content (AvgIpc) is 2.62. The Balaban J connectivity index is 2.16.